The molecule has 7 heteroatoms. The molecule has 102 valence electrons. The SMILES string of the molecule is CC1(C)CC1NC(=O)c1cc(NN)ccc1[N+](=O)[O-]. The number of nitrogens with zero attached hydrogens (tertiary/aromatic N) is 1. The molecule has 0 spiro atoms. The zero-order valence-corrected chi connectivity index (χ0v) is 10.8. The third-order valence-corrected chi connectivity index (χ3v) is 3.42. The van der Waals surface area contributed by atoms with Crippen molar-refractivity contribution in [2.45, 2.75) is 26.3 Å². The molecule has 7 nitrogen and oxygen atoms in total. The van der Waals surface area contributed by atoms with Crippen molar-refractivity contribution in [2.24, 2.45) is 11.3 Å². The molecular weight excluding hydrogens is 248 g/mol. The van der Waals surface area contributed by atoms with Crippen LogP contribution in [0, 0.1) is 15.5 Å². The molecule has 1 aliphatic rings. The lowest BCUT2D eigenvalue weighted by molar-refractivity contribution is -0.385. The number of hydrogen-bond acceptors (Lipinski definition) is 5. The summed E-state index contributed by atoms with van der Waals surface area (Å²) in [6.45, 7) is 4.06. The first-order valence-electron chi connectivity index (χ1n) is 5.91. The Kier molecular flexibility index (Phi) is 3.15. The third kappa shape index (κ3) is 2.65. The standard InChI is InChI=1S/C12H16N4O3/c1-12(2)6-10(12)14-11(17)8-5-7(15-13)3-4-9(8)16(18)19/h3-5,10,15H,6,13H2,1-2H3,(H,14,17). The fourth-order valence-corrected chi connectivity index (χ4v) is 1.92. The van der Waals surface area contributed by atoms with Crippen molar-refractivity contribution in [3.63, 3.8) is 0 Å². The summed E-state index contributed by atoms with van der Waals surface area (Å²) in [7, 11) is 0. The predicted octanol–water partition coefficient (Wildman–Crippen LogP) is 1.41. The number of hydrazine groups is 1. The van der Waals surface area contributed by atoms with Gasteiger partial charge in [0.05, 0.1) is 4.92 Å². The van der Waals surface area contributed by atoms with Crippen molar-refractivity contribution >= 4 is 17.3 Å². The molecule has 1 fully saturated rings. The predicted molar refractivity (Wildman–Crippen MR) is 70.6 cm³/mol. The van der Waals surface area contributed by atoms with Crippen molar-refractivity contribution in [1.82, 2.24) is 5.32 Å². The molecule has 0 radical (unpaired) electrons. The van der Waals surface area contributed by atoms with Gasteiger partial charge in [-0.1, -0.05) is 13.8 Å². The highest BCUT2D eigenvalue weighted by Gasteiger charge is 2.47. The Hall–Kier alpha value is -2.15. The monoisotopic (exact) mass is 264 g/mol. The first-order chi connectivity index (χ1) is 8.85. The molecule has 1 aromatic rings. The lowest BCUT2D eigenvalue weighted by Crippen LogP contribution is -2.29. The van der Waals surface area contributed by atoms with Crippen molar-refractivity contribution < 1.29 is 9.72 Å². The van der Waals surface area contributed by atoms with Crippen LogP contribution in [0.5, 0.6) is 0 Å². The molecule has 1 unspecified atom stereocenters. The zero-order chi connectivity index (χ0) is 14.2. The Morgan fingerprint density at radius 2 is 2.16 bits per heavy atom. The summed E-state index contributed by atoms with van der Waals surface area (Å²) in [6.07, 6.45) is 0.876. The highest BCUT2D eigenvalue weighted by molar-refractivity contribution is 5.99. The lowest BCUT2D eigenvalue weighted by Gasteiger charge is -2.08. The normalized spacial score (nSPS) is 19.6. The van der Waals surface area contributed by atoms with Gasteiger partial charge in [0.25, 0.3) is 11.6 Å². The van der Waals surface area contributed by atoms with Crippen LogP contribution in [0.1, 0.15) is 30.6 Å². The molecule has 0 saturated heterocycles. The van der Waals surface area contributed by atoms with E-state index >= 15 is 0 Å². The number of nitrogens with one attached hydrogen (secondary N) is 2. The first-order valence-corrected chi connectivity index (χ1v) is 5.91. The number of nitro groups is 1. The van der Waals surface area contributed by atoms with Crippen LogP contribution in [-0.4, -0.2) is 16.9 Å². The van der Waals surface area contributed by atoms with Crippen LogP contribution in [0.25, 0.3) is 0 Å². The summed E-state index contributed by atoms with van der Waals surface area (Å²) in [6, 6.07) is 4.16. The minimum atomic E-state index is -0.576. The maximum absolute atomic E-state index is 12.1. The number of nitrogens with two attached hydrogens (primary N) is 1. The average molecular weight is 264 g/mol. The lowest BCUT2D eigenvalue weighted by atomic mass is 10.1. The van der Waals surface area contributed by atoms with Crippen LogP contribution in [-0.2, 0) is 0 Å². The largest absolute Gasteiger partial charge is 0.349 e. The number of carbonyl (C=O) groups excluding carboxylic acids is 1. The highest BCUT2D eigenvalue weighted by atomic mass is 16.6. The first kappa shape index (κ1) is 13.3. The van der Waals surface area contributed by atoms with E-state index in [1.807, 2.05) is 13.8 Å². The molecule has 19 heavy (non-hydrogen) atoms. The number of amides is 1. The van der Waals surface area contributed by atoms with Gasteiger partial charge >= 0.3 is 0 Å². The van der Waals surface area contributed by atoms with Gasteiger partial charge in [0.1, 0.15) is 5.56 Å². The number of anilines is 1. The fraction of sp³-hybridized carbons (Fsp3) is 0.417. The number of nitrogen functional groups attached to an aromatic ring is 1. The Labute approximate surface area is 110 Å². The van der Waals surface area contributed by atoms with Crippen LogP contribution < -0.4 is 16.6 Å². The van der Waals surface area contributed by atoms with E-state index in [1.165, 1.54) is 18.2 Å². The van der Waals surface area contributed by atoms with Crippen LogP contribution in [0.2, 0.25) is 0 Å². The zero-order valence-electron chi connectivity index (χ0n) is 10.8. The van der Waals surface area contributed by atoms with E-state index in [-0.39, 0.29) is 22.7 Å². The van der Waals surface area contributed by atoms with Gasteiger partial charge in [-0.15, -0.1) is 0 Å². The molecule has 0 bridgehead atoms. The minimum absolute atomic E-state index is 0.0168. The van der Waals surface area contributed by atoms with Crippen molar-refractivity contribution in [2.75, 3.05) is 5.43 Å². The number of carbonyl (C=O) groups is 1. The number of rotatable bonds is 4. The molecule has 0 aliphatic heterocycles. The van der Waals surface area contributed by atoms with Gasteiger partial charge in [0.15, 0.2) is 0 Å². The van der Waals surface area contributed by atoms with Gasteiger partial charge in [-0.2, -0.15) is 0 Å². The van der Waals surface area contributed by atoms with Crippen LogP contribution in [0.15, 0.2) is 18.2 Å². The molecule has 1 atom stereocenters. The topological polar surface area (TPSA) is 110 Å². The molecule has 1 aliphatic carbocycles. The third-order valence-electron chi connectivity index (χ3n) is 3.42. The Morgan fingerprint density at radius 3 is 2.63 bits per heavy atom. The van der Waals surface area contributed by atoms with E-state index in [0.717, 1.165) is 6.42 Å². The van der Waals surface area contributed by atoms with E-state index in [2.05, 4.69) is 10.7 Å². The van der Waals surface area contributed by atoms with E-state index in [4.69, 9.17) is 5.84 Å². The van der Waals surface area contributed by atoms with E-state index in [1.54, 1.807) is 0 Å². The van der Waals surface area contributed by atoms with E-state index < -0.39 is 10.8 Å². The van der Waals surface area contributed by atoms with Crippen LogP contribution in [0.3, 0.4) is 0 Å². The number of benzene rings is 1. The average Bonchev–Trinajstić information content (AvgIpc) is 2.95. The van der Waals surface area contributed by atoms with Gasteiger partial charge in [0, 0.05) is 17.8 Å². The summed E-state index contributed by atoms with van der Waals surface area (Å²) >= 11 is 0. The molecule has 1 aromatic carbocycles. The highest BCUT2D eigenvalue weighted by Crippen LogP contribution is 2.44. The van der Waals surface area contributed by atoms with Crippen LogP contribution >= 0.6 is 0 Å². The fourth-order valence-electron chi connectivity index (χ4n) is 1.92. The van der Waals surface area contributed by atoms with Gasteiger partial charge in [0.2, 0.25) is 0 Å². The quantitative estimate of drug-likeness (QED) is 0.432. The summed E-state index contributed by atoms with van der Waals surface area (Å²) in [5, 5.41) is 13.7. The molecule has 1 saturated carbocycles. The van der Waals surface area contributed by atoms with Gasteiger partial charge in [-0.05, 0) is 24.0 Å². The van der Waals surface area contributed by atoms with Crippen molar-refractivity contribution in [3.05, 3.63) is 33.9 Å². The smallest absolute Gasteiger partial charge is 0.282 e. The molecular formula is C12H16N4O3. The summed E-state index contributed by atoms with van der Waals surface area (Å²) in [5.41, 5.74) is 2.67. The second-order valence-electron chi connectivity index (χ2n) is 5.35. The summed E-state index contributed by atoms with van der Waals surface area (Å²) < 4.78 is 0. The van der Waals surface area contributed by atoms with Gasteiger partial charge in [-0.25, -0.2) is 0 Å². The number of hydrogen-bond donors (Lipinski definition) is 3. The maximum atomic E-state index is 12.1. The molecule has 4 N–H and O–H groups in total. The molecule has 1 amide bonds. The Morgan fingerprint density at radius 1 is 1.53 bits per heavy atom. The minimum Gasteiger partial charge on any atom is -0.349 e. The second kappa shape index (κ2) is 4.51. The van der Waals surface area contributed by atoms with E-state index in [9.17, 15) is 14.9 Å². The van der Waals surface area contributed by atoms with Gasteiger partial charge < -0.3 is 10.7 Å². The van der Waals surface area contributed by atoms with Crippen molar-refractivity contribution in [3.8, 4) is 0 Å². The maximum Gasteiger partial charge on any atom is 0.282 e. The Balaban J connectivity index is 2.26. The summed E-state index contributed by atoms with van der Waals surface area (Å²) in [5.74, 6) is 4.81. The molecule has 0 heterocycles. The second-order valence-corrected chi connectivity index (χ2v) is 5.35. The molecule has 2 rings (SSSR count). The van der Waals surface area contributed by atoms with Crippen LogP contribution in [0.4, 0.5) is 11.4 Å². The van der Waals surface area contributed by atoms with Gasteiger partial charge in [-0.3, -0.25) is 20.8 Å². The summed E-state index contributed by atoms with van der Waals surface area (Å²) in [4.78, 5) is 22.4. The van der Waals surface area contributed by atoms with E-state index in [0.29, 0.717) is 5.69 Å². The van der Waals surface area contributed by atoms with Crippen molar-refractivity contribution in [1.29, 1.82) is 0 Å². The Bertz CT molecular complexity index is 542. The molecule has 0 aromatic heterocycles. The number of nitro benzene ring substituents is 1.